The van der Waals surface area contributed by atoms with E-state index in [1.54, 1.807) is 45.3 Å². The molecule has 3 N–H and O–H groups in total. The Kier molecular flexibility index (Phi) is 8.39. The number of nitrogens with zero attached hydrogens (tertiary/aromatic N) is 2. The number of nitrogens with one attached hydrogen (secondary N) is 3. The number of anilines is 2. The molecule has 1 aliphatic carbocycles. The molecule has 1 saturated carbocycles. The number of amides is 2. The fraction of sp³-hybridized carbons (Fsp3) is 0.500. The second-order valence-electron chi connectivity index (χ2n) is 9.89. The number of alkyl carbamates (subject to hydrolysis) is 1. The Labute approximate surface area is 211 Å². The van der Waals surface area contributed by atoms with Crippen LogP contribution in [0.25, 0.3) is 0 Å². The van der Waals surface area contributed by atoms with Crippen molar-refractivity contribution in [3.8, 4) is 0 Å². The standard InChI is InChI=1S/C24H33N5O6S/c1-15(2)34-22(30)28-18-7-6-16(12-18)20-13-26-21(14-25-20)27-17-8-10-19(11-9-17)36(32,33)29-23(31)35-24(3,4)5/h8-11,13-16,18H,6-7,12H2,1-5H3,(H,26,27)(H,28,30)(H,29,31). The molecular formula is C24H33N5O6S. The Morgan fingerprint density at radius 3 is 2.31 bits per heavy atom. The van der Waals surface area contributed by atoms with Crippen LogP contribution >= 0.6 is 0 Å². The van der Waals surface area contributed by atoms with Gasteiger partial charge in [0.1, 0.15) is 11.4 Å². The Morgan fingerprint density at radius 2 is 1.72 bits per heavy atom. The first-order valence-corrected chi connectivity index (χ1v) is 13.2. The van der Waals surface area contributed by atoms with Gasteiger partial charge < -0.3 is 20.1 Å². The molecule has 1 heterocycles. The van der Waals surface area contributed by atoms with Crippen molar-refractivity contribution in [1.29, 1.82) is 0 Å². The summed E-state index contributed by atoms with van der Waals surface area (Å²) in [5, 5.41) is 5.97. The van der Waals surface area contributed by atoms with Crippen molar-refractivity contribution in [2.45, 2.75) is 82.4 Å². The molecule has 2 amide bonds. The predicted octanol–water partition coefficient (Wildman–Crippen LogP) is 4.20. The quantitative estimate of drug-likeness (QED) is 0.489. The third-order valence-corrected chi connectivity index (χ3v) is 6.57. The first-order chi connectivity index (χ1) is 16.8. The fourth-order valence-corrected chi connectivity index (χ4v) is 4.62. The van der Waals surface area contributed by atoms with Crippen molar-refractivity contribution < 1.29 is 27.5 Å². The van der Waals surface area contributed by atoms with E-state index in [1.165, 1.54) is 12.1 Å². The molecule has 0 bridgehead atoms. The van der Waals surface area contributed by atoms with Gasteiger partial charge in [0, 0.05) is 17.6 Å². The lowest BCUT2D eigenvalue weighted by Gasteiger charge is -2.19. The molecule has 0 radical (unpaired) electrons. The normalized spacial score (nSPS) is 17.9. The van der Waals surface area contributed by atoms with E-state index in [0.29, 0.717) is 11.5 Å². The van der Waals surface area contributed by atoms with E-state index in [9.17, 15) is 18.0 Å². The Balaban J connectivity index is 1.55. The average molecular weight is 520 g/mol. The number of rotatable bonds is 7. The number of ether oxygens (including phenoxy) is 2. The van der Waals surface area contributed by atoms with E-state index >= 15 is 0 Å². The van der Waals surface area contributed by atoms with E-state index in [-0.39, 0.29) is 23.0 Å². The van der Waals surface area contributed by atoms with Gasteiger partial charge in [-0.1, -0.05) is 0 Å². The molecule has 2 aromatic rings. The number of aromatic nitrogens is 2. The molecule has 0 aliphatic heterocycles. The number of carbonyl (C=O) groups is 2. The molecule has 2 unspecified atom stereocenters. The van der Waals surface area contributed by atoms with Crippen LogP contribution in [0, 0.1) is 0 Å². The van der Waals surface area contributed by atoms with Crippen molar-refractivity contribution in [2.24, 2.45) is 0 Å². The van der Waals surface area contributed by atoms with Crippen LogP contribution in [0.4, 0.5) is 21.1 Å². The third kappa shape index (κ3) is 8.08. The van der Waals surface area contributed by atoms with Crippen LogP contribution in [0.3, 0.4) is 0 Å². The summed E-state index contributed by atoms with van der Waals surface area (Å²) < 4.78 is 36.8. The smallest absolute Gasteiger partial charge is 0.421 e. The number of hydrogen-bond donors (Lipinski definition) is 3. The SMILES string of the molecule is CC(C)OC(=O)NC1CCC(c2cnc(Nc3ccc(S(=O)(=O)NC(=O)OC(C)(C)C)cc3)cn2)C1. The van der Waals surface area contributed by atoms with Crippen LogP contribution < -0.4 is 15.4 Å². The summed E-state index contributed by atoms with van der Waals surface area (Å²) in [6.45, 7) is 8.54. The Hall–Kier alpha value is -3.41. The summed E-state index contributed by atoms with van der Waals surface area (Å²) in [5.41, 5.74) is 0.626. The molecule has 3 rings (SSSR count). The van der Waals surface area contributed by atoms with Crippen molar-refractivity contribution in [1.82, 2.24) is 20.0 Å². The third-order valence-electron chi connectivity index (χ3n) is 5.24. The minimum atomic E-state index is -4.07. The van der Waals surface area contributed by atoms with E-state index in [2.05, 4.69) is 20.6 Å². The molecule has 196 valence electrons. The summed E-state index contributed by atoms with van der Waals surface area (Å²) in [5.74, 6) is 0.687. The fourth-order valence-electron chi connectivity index (χ4n) is 3.74. The van der Waals surface area contributed by atoms with E-state index in [0.717, 1.165) is 25.0 Å². The van der Waals surface area contributed by atoms with Crippen molar-refractivity contribution >= 4 is 33.7 Å². The number of hydrogen-bond acceptors (Lipinski definition) is 9. The number of sulfonamides is 1. The molecular weight excluding hydrogens is 486 g/mol. The zero-order chi connectivity index (χ0) is 26.5. The van der Waals surface area contributed by atoms with Gasteiger partial charge >= 0.3 is 12.2 Å². The molecule has 1 aromatic carbocycles. The van der Waals surface area contributed by atoms with Gasteiger partial charge in [0.2, 0.25) is 0 Å². The molecule has 2 atom stereocenters. The van der Waals surface area contributed by atoms with Gasteiger partial charge in [-0.25, -0.2) is 27.7 Å². The van der Waals surface area contributed by atoms with Crippen molar-refractivity contribution in [2.75, 3.05) is 5.32 Å². The molecule has 1 aromatic heterocycles. The van der Waals surface area contributed by atoms with E-state index < -0.39 is 27.8 Å². The second kappa shape index (κ2) is 11.1. The van der Waals surface area contributed by atoms with Crippen molar-refractivity contribution in [3.05, 3.63) is 42.4 Å². The van der Waals surface area contributed by atoms with Gasteiger partial charge in [0.05, 0.1) is 29.1 Å². The molecule has 1 fully saturated rings. The van der Waals surface area contributed by atoms with Gasteiger partial charge in [-0.2, -0.15) is 0 Å². The molecule has 1 aliphatic rings. The van der Waals surface area contributed by atoms with Gasteiger partial charge in [-0.15, -0.1) is 0 Å². The maximum absolute atomic E-state index is 12.4. The summed E-state index contributed by atoms with van der Waals surface area (Å²) in [6, 6.07) is 5.89. The lowest BCUT2D eigenvalue weighted by atomic mass is 10.0. The van der Waals surface area contributed by atoms with Crippen molar-refractivity contribution in [3.63, 3.8) is 0 Å². The second-order valence-corrected chi connectivity index (χ2v) is 11.6. The summed E-state index contributed by atoms with van der Waals surface area (Å²) in [4.78, 5) is 32.5. The highest BCUT2D eigenvalue weighted by atomic mass is 32.2. The van der Waals surface area contributed by atoms with Crippen LogP contribution in [0.1, 0.15) is 65.5 Å². The highest BCUT2D eigenvalue weighted by Gasteiger charge is 2.29. The van der Waals surface area contributed by atoms with Crippen LogP contribution in [0.15, 0.2) is 41.6 Å². The molecule has 11 nitrogen and oxygen atoms in total. The predicted molar refractivity (Wildman–Crippen MR) is 133 cm³/mol. The van der Waals surface area contributed by atoms with Gasteiger partial charge in [0.25, 0.3) is 10.0 Å². The number of carbonyl (C=O) groups excluding carboxylic acids is 2. The first kappa shape index (κ1) is 27.2. The largest absolute Gasteiger partial charge is 0.447 e. The van der Waals surface area contributed by atoms with Gasteiger partial charge in [-0.05, 0) is 78.1 Å². The van der Waals surface area contributed by atoms with Crippen LogP contribution in [0.5, 0.6) is 0 Å². The summed E-state index contributed by atoms with van der Waals surface area (Å²) >= 11 is 0. The highest BCUT2D eigenvalue weighted by molar-refractivity contribution is 7.90. The minimum absolute atomic E-state index is 0.0421. The zero-order valence-electron chi connectivity index (χ0n) is 21.1. The minimum Gasteiger partial charge on any atom is -0.447 e. The lowest BCUT2D eigenvalue weighted by Crippen LogP contribution is -2.36. The summed E-state index contributed by atoms with van der Waals surface area (Å²) in [6.07, 6.45) is 4.20. The maximum atomic E-state index is 12.4. The Morgan fingerprint density at radius 1 is 1.03 bits per heavy atom. The van der Waals surface area contributed by atoms with Gasteiger partial charge in [0.15, 0.2) is 0 Å². The van der Waals surface area contributed by atoms with Crippen LogP contribution in [-0.2, 0) is 19.5 Å². The Bertz CT molecular complexity index is 1160. The van der Waals surface area contributed by atoms with E-state index in [4.69, 9.17) is 9.47 Å². The molecule has 12 heteroatoms. The first-order valence-electron chi connectivity index (χ1n) is 11.7. The topological polar surface area (TPSA) is 149 Å². The monoisotopic (exact) mass is 519 g/mol. The molecule has 0 spiro atoms. The molecule has 36 heavy (non-hydrogen) atoms. The lowest BCUT2D eigenvalue weighted by molar-refractivity contribution is 0.0570. The molecule has 0 saturated heterocycles. The van der Waals surface area contributed by atoms with Crippen LogP contribution in [-0.4, -0.2) is 48.3 Å². The van der Waals surface area contributed by atoms with Crippen LogP contribution in [0.2, 0.25) is 0 Å². The average Bonchev–Trinajstić information content (AvgIpc) is 3.20. The summed E-state index contributed by atoms with van der Waals surface area (Å²) in [7, 11) is -4.07. The zero-order valence-corrected chi connectivity index (χ0v) is 21.9. The number of benzene rings is 1. The van der Waals surface area contributed by atoms with E-state index in [1.807, 2.05) is 18.6 Å². The van der Waals surface area contributed by atoms with Gasteiger partial charge in [-0.3, -0.25) is 4.98 Å². The highest BCUT2D eigenvalue weighted by Crippen LogP contribution is 2.33. The maximum Gasteiger partial charge on any atom is 0.421 e.